The molecule has 2 aromatic rings. The summed E-state index contributed by atoms with van der Waals surface area (Å²) in [6, 6.07) is 15.9. The molecule has 0 heterocycles. The van der Waals surface area contributed by atoms with Gasteiger partial charge in [-0.25, -0.2) is 4.79 Å². The van der Waals surface area contributed by atoms with Crippen molar-refractivity contribution in [3.8, 4) is 0 Å². The molecule has 27 heavy (non-hydrogen) atoms. The number of aryl methyl sites for hydroxylation is 1. The zero-order valence-corrected chi connectivity index (χ0v) is 17.1. The lowest BCUT2D eigenvalue weighted by Gasteiger charge is -2.15. The van der Waals surface area contributed by atoms with Crippen LogP contribution in [0.25, 0.3) is 6.08 Å². The number of hydrogen-bond donors (Lipinski definition) is 0. The van der Waals surface area contributed by atoms with Crippen LogP contribution >= 0.6 is 0 Å². The standard InChI is InChI=1S/C25H32O2/c1-5-19(3)24-17-16-21(18-22(24)6-2)13-11-10-12-20(4)27-25(26)23-14-8-7-9-15-23/h7-9,11,13-20H,5-6,10,12H2,1-4H3. The van der Waals surface area contributed by atoms with Gasteiger partial charge in [0.15, 0.2) is 0 Å². The zero-order chi connectivity index (χ0) is 19.6. The van der Waals surface area contributed by atoms with Crippen LogP contribution in [0.2, 0.25) is 0 Å². The molecule has 0 radical (unpaired) electrons. The van der Waals surface area contributed by atoms with E-state index in [1.165, 1.54) is 23.1 Å². The van der Waals surface area contributed by atoms with E-state index >= 15 is 0 Å². The first-order valence-corrected chi connectivity index (χ1v) is 10.1. The second kappa shape index (κ2) is 10.7. The van der Waals surface area contributed by atoms with E-state index in [1.54, 1.807) is 12.1 Å². The minimum Gasteiger partial charge on any atom is -0.459 e. The lowest BCUT2D eigenvalue weighted by atomic mass is 9.91. The van der Waals surface area contributed by atoms with Gasteiger partial charge in [-0.05, 0) is 67.3 Å². The molecule has 0 aliphatic carbocycles. The fourth-order valence-electron chi connectivity index (χ4n) is 3.17. The molecule has 2 rings (SSSR count). The molecule has 2 aromatic carbocycles. The maximum atomic E-state index is 12.1. The van der Waals surface area contributed by atoms with E-state index in [1.807, 2.05) is 25.1 Å². The van der Waals surface area contributed by atoms with Crippen molar-refractivity contribution in [2.45, 2.75) is 65.4 Å². The van der Waals surface area contributed by atoms with E-state index in [-0.39, 0.29) is 12.1 Å². The van der Waals surface area contributed by atoms with Gasteiger partial charge in [-0.1, -0.05) is 69.3 Å². The highest BCUT2D eigenvalue weighted by molar-refractivity contribution is 5.89. The molecule has 0 aliphatic heterocycles. The lowest BCUT2D eigenvalue weighted by molar-refractivity contribution is 0.0327. The van der Waals surface area contributed by atoms with Crippen molar-refractivity contribution in [3.63, 3.8) is 0 Å². The molecule has 0 spiro atoms. The predicted molar refractivity (Wildman–Crippen MR) is 114 cm³/mol. The van der Waals surface area contributed by atoms with Gasteiger partial charge in [0.2, 0.25) is 0 Å². The summed E-state index contributed by atoms with van der Waals surface area (Å²) in [4.78, 5) is 12.1. The van der Waals surface area contributed by atoms with Crippen molar-refractivity contribution in [2.24, 2.45) is 0 Å². The van der Waals surface area contributed by atoms with Crippen molar-refractivity contribution < 1.29 is 9.53 Å². The van der Waals surface area contributed by atoms with Crippen LogP contribution in [0.15, 0.2) is 54.6 Å². The van der Waals surface area contributed by atoms with Gasteiger partial charge in [0.05, 0.1) is 11.7 Å². The number of ether oxygens (including phenoxy) is 1. The summed E-state index contributed by atoms with van der Waals surface area (Å²) in [7, 11) is 0. The highest BCUT2D eigenvalue weighted by Gasteiger charge is 2.11. The van der Waals surface area contributed by atoms with E-state index in [0.717, 1.165) is 19.3 Å². The molecule has 2 heteroatoms. The van der Waals surface area contributed by atoms with Gasteiger partial charge in [0, 0.05) is 0 Å². The minimum atomic E-state index is -0.250. The maximum Gasteiger partial charge on any atom is 0.338 e. The molecular weight excluding hydrogens is 332 g/mol. The Balaban J connectivity index is 1.85. The predicted octanol–water partition coefficient (Wildman–Crippen LogP) is 6.80. The molecule has 0 bridgehead atoms. The summed E-state index contributed by atoms with van der Waals surface area (Å²) in [6.07, 6.45) is 8.19. The van der Waals surface area contributed by atoms with E-state index in [4.69, 9.17) is 4.74 Å². The molecule has 0 fully saturated rings. The van der Waals surface area contributed by atoms with Crippen molar-refractivity contribution in [2.75, 3.05) is 0 Å². The molecule has 0 N–H and O–H groups in total. The molecule has 2 nitrogen and oxygen atoms in total. The van der Waals surface area contributed by atoms with E-state index in [9.17, 15) is 4.79 Å². The number of carbonyl (C=O) groups excluding carboxylic acids is 1. The van der Waals surface area contributed by atoms with Crippen LogP contribution in [0.3, 0.4) is 0 Å². The number of hydrogen-bond acceptors (Lipinski definition) is 2. The SMILES string of the molecule is CCc1cc(C=CCCC(C)OC(=O)c2ccccc2)ccc1C(C)CC. The van der Waals surface area contributed by atoms with E-state index in [2.05, 4.69) is 51.1 Å². The monoisotopic (exact) mass is 364 g/mol. The van der Waals surface area contributed by atoms with Gasteiger partial charge >= 0.3 is 5.97 Å². The molecule has 0 saturated heterocycles. The van der Waals surface area contributed by atoms with Gasteiger partial charge in [-0.2, -0.15) is 0 Å². The minimum absolute atomic E-state index is 0.0960. The van der Waals surface area contributed by atoms with Crippen molar-refractivity contribution >= 4 is 12.0 Å². The third-order valence-electron chi connectivity index (χ3n) is 5.06. The Morgan fingerprint density at radius 2 is 1.81 bits per heavy atom. The smallest absolute Gasteiger partial charge is 0.338 e. The van der Waals surface area contributed by atoms with Crippen LogP contribution < -0.4 is 0 Å². The summed E-state index contributed by atoms with van der Waals surface area (Å²) >= 11 is 0. The molecule has 144 valence electrons. The molecule has 0 saturated carbocycles. The van der Waals surface area contributed by atoms with Crippen molar-refractivity contribution in [3.05, 3.63) is 76.9 Å². The van der Waals surface area contributed by atoms with Crippen molar-refractivity contribution in [1.29, 1.82) is 0 Å². The molecule has 0 aliphatic rings. The van der Waals surface area contributed by atoms with Gasteiger partial charge in [0.1, 0.15) is 0 Å². The van der Waals surface area contributed by atoms with Crippen LogP contribution in [0.1, 0.15) is 79.9 Å². The van der Waals surface area contributed by atoms with Gasteiger partial charge < -0.3 is 4.74 Å². The summed E-state index contributed by atoms with van der Waals surface area (Å²) in [5, 5.41) is 0. The first-order chi connectivity index (χ1) is 13.0. The topological polar surface area (TPSA) is 26.3 Å². The summed E-state index contributed by atoms with van der Waals surface area (Å²) < 4.78 is 5.51. The number of carbonyl (C=O) groups is 1. The number of rotatable bonds is 9. The van der Waals surface area contributed by atoms with E-state index < -0.39 is 0 Å². The fraction of sp³-hybridized carbons (Fsp3) is 0.400. The normalized spacial score (nSPS) is 13.5. The second-order valence-corrected chi connectivity index (χ2v) is 7.18. The maximum absolute atomic E-state index is 12.1. The molecule has 2 atom stereocenters. The lowest BCUT2D eigenvalue weighted by Crippen LogP contribution is -2.14. The highest BCUT2D eigenvalue weighted by atomic mass is 16.5. The third kappa shape index (κ3) is 6.39. The van der Waals surface area contributed by atoms with Crippen LogP contribution in [0, 0.1) is 0 Å². The van der Waals surface area contributed by atoms with Gasteiger partial charge in [0.25, 0.3) is 0 Å². The first kappa shape index (κ1) is 21.0. The molecule has 2 unspecified atom stereocenters. The Morgan fingerprint density at radius 1 is 1.07 bits per heavy atom. The third-order valence-corrected chi connectivity index (χ3v) is 5.06. The Hall–Kier alpha value is -2.35. The van der Waals surface area contributed by atoms with Crippen LogP contribution in [0.4, 0.5) is 0 Å². The van der Waals surface area contributed by atoms with Gasteiger partial charge in [-0.15, -0.1) is 0 Å². The largest absolute Gasteiger partial charge is 0.459 e. The Morgan fingerprint density at radius 3 is 2.48 bits per heavy atom. The van der Waals surface area contributed by atoms with Crippen LogP contribution in [-0.4, -0.2) is 12.1 Å². The number of allylic oxidation sites excluding steroid dienone is 1. The number of esters is 1. The zero-order valence-electron chi connectivity index (χ0n) is 17.1. The number of benzene rings is 2. The fourth-order valence-corrected chi connectivity index (χ4v) is 3.17. The van der Waals surface area contributed by atoms with Crippen molar-refractivity contribution in [1.82, 2.24) is 0 Å². The van der Waals surface area contributed by atoms with Crippen LogP contribution in [0.5, 0.6) is 0 Å². The molecular formula is C25H32O2. The average molecular weight is 365 g/mol. The highest BCUT2D eigenvalue weighted by Crippen LogP contribution is 2.25. The summed E-state index contributed by atoms with van der Waals surface area (Å²) in [5.74, 6) is 0.360. The first-order valence-electron chi connectivity index (χ1n) is 10.1. The van der Waals surface area contributed by atoms with Gasteiger partial charge in [-0.3, -0.25) is 0 Å². The Bertz CT molecular complexity index is 746. The Labute approximate surface area is 164 Å². The molecule has 0 amide bonds. The summed E-state index contributed by atoms with van der Waals surface area (Å²) in [5.41, 5.74) is 4.76. The molecule has 0 aromatic heterocycles. The summed E-state index contributed by atoms with van der Waals surface area (Å²) in [6.45, 7) is 8.70. The van der Waals surface area contributed by atoms with E-state index in [0.29, 0.717) is 11.5 Å². The quantitative estimate of drug-likeness (QED) is 0.457. The van der Waals surface area contributed by atoms with Crippen LogP contribution in [-0.2, 0) is 11.2 Å². The average Bonchev–Trinajstić information content (AvgIpc) is 2.71. The second-order valence-electron chi connectivity index (χ2n) is 7.18. The Kier molecular flexibility index (Phi) is 8.32.